The first-order valence-electron chi connectivity index (χ1n) is 3.84. The number of carbonyl (C=O) groups excluding carboxylic acids is 1. The minimum absolute atomic E-state index is 0.0152. The number of methoxy groups -OCH3 is 1. The minimum Gasteiger partial charge on any atom is -0.381 e. The van der Waals surface area contributed by atoms with Crippen molar-refractivity contribution in [3.05, 3.63) is 0 Å². The third-order valence-electron chi connectivity index (χ3n) is 2.02. The highest BCUT2D eigenvalue weighted by Crippen LogP contribution is 2.24. The fourth-order valence-corrected chi connectivity index (χ4v) is 1.14. The van der Waals surface area contributed by atoms with Crippen LogP contribution in [0.1, 0.15) is 12.8 Å². The van der Waals surface area contributed by atoms with Crippen LogP contribution in [-0.4, -0.2) is 31.3 Å². The smallest absolute Gasteiger partial charge is 0.381 e. The SMILES string of the molecule is COC1CC(NC(=O)C(F)(F)F)C1. The van der Waals surface area contributed by atoms with Gasteiger partial charge in [0.25, 0.3) is 0 Å². The summed E-state index contributed by atoms with van der Waals surface area (Å²) in [6.07, 6.45) is -3.88. The molecule has 0 aliphatic heterocycles. The number of nitrogens with one attached hydrogen (secondary N) is 1. The number of hydrogen-bond acceptors (Lipinski definition) is 2. The number of alkyl halides is 3. The number of ether oxygens (including phenoxy) is 1. The Kier molecular flexibility index (Phi) is 2.80. The molecule has 6 heteroatoms. The van der Waals surface area contributed by atoms with Crippen LogP contribution >= 0.6 is 0 Å². The average Bonchev–Trinajstić information content (AvgIpc) is 1.93. The van der Waals surface area contributed by atoms with Crippen molar-refractivity contribution in [2.75, 3.05) is 7.11 Å². The summed E-state index contributed by atoms with van der Waals surface area (Å²) >= 11 is 0. The third kappa shape index (κ3) is 2.58. The molecule has 0 bridgehead atoms. The lowest BCUT2D eigenvalue weighted by Gasteiger charge is -2.34. The maximum absolute atomic E-state index is 11.7. The molecular formula is C7H10F3NO2. The number of amides is 1. The van der Waals surface area contributed by atoms with Crippen LogP contribution in [0.3, 0.4) is 0 Å². The Hall–Kier alpha value is -0.780. The molecule has 0 aromatic carbocycles. The van der Waals surface area contributed by atoms with Gasteiger partial charge in [-0.1, -0.05) is 0 Å². The van der Waals surface area contributed by atoms with Gasteiger partial charge >= 0.3 is 12.1 Å². The maximum Gasteiger partial charge on any atom is 0.471 e. The third-order valence-corrected chi connectivity index (χ3v) is 2.02. The molecule has 1 aliphatic rings. The van der Waals surface area contributed by atoms with Crippen LogP contribution in [0.4, 0.5) is 13.2 Å². The molecular weight excluding hydrogens is 187 g/mol. The molecule has 3 nitrogen and oxygen atoms in total. The predicted molar refractivity (Wildman–Crippen MR) is 38.0 cm³/mol. The van der Waals surface area contributed by atoms with Crippen LogP contribution in [0.25, 0.3) is 0 Å². The Morgan fingerprint density at radius 1 is 1.46 bits per heavy atom. The van der Waals surface area contributed by atoms with Crippen LogP contribution in [0.2, 0.25) is 0 Å². The summed E-state index contributed by atoms with van der Waals surface area (Å²) in [5.74, 6) is -1.87. The summed E-state index contributed by atoms with van der Waals surface area (Å²) in [4.78, 5) is 10.4. The summed E-state index contributed by atoms with van der Waals surface area (Å²) in [7, 11) is 1.49. The Morgan fingerprint density at radius 2 is 2.00 bits per heavy atom. The van der Waals surface area contributed by atoms with E-state index < -0.39 is 12.1 Å². The number of rotatable bonds is 2. The number of carbonyl (C=O) groups is 1. The van der Waals surface area contributed by atoms with Crippen molar-refractivity contribution in [1.82, 2.24) is 5.32 Å². The summed E-state index contributed by atoms with van der Waals surface area (Å²) in [5.41, 5.74) is 0. The van der Waals surface area contributed by atoms with Gasteiger partial charge in [-0.25, -0.2) is 0 Å². The van der Waals surface area contributed by atoms with Crippen molar-refractivity contribution in [2.45, 2.75) is 31.2 Å². The first-order valence-corrected chi connectivity index (χ1v) is 3.84. The van der Waals surface area contributed by atoms with Gasteiger partial charge in [0.05, 0.1) is 6.10 Å². The van der Waals surface area contributed by atoms with Crippen molar-refractivity contribution >= 4 is 5.91 Å². The van der Waals surface area contributed by atoms with Crippen molar-refractivity contribution in [1.29, 1.82) is 0 Å². The Bertz CT molecular complexity index is 198. The second-order valence-electron chi connectivity index (χ2n) is 3.00. The molecule has 13 heavy (non-hydrogen) atoms. The summed E-state index contributed by atoms with van der Waals surface area (Å²) < 4.78 is 40.0. The number of halogens is 3. The monoisotopic (exact) mass is 197 g/mol. The van der Waals surface area contributed by atoms with E-state index in [-0.39, 0.29) is 12.1 Å². The van der Waals surface area contributed by atoms with Crippen molar-refractivity contribution in [3.8, 4) is 0 Å². The second-order valence-corrected chi connectivity index (χ2v) is 3.00. The molecule has 1 fully saturated rings. The molecule has 1 saturated carbocycles. The molecule has 0 radical (unpaired) electrons. The highest BCUT2D eigenvalue weighted by molar-refractivity contribution is 5.82. The zero-order valence-electron chi connectivity index (χ0n) is 7.02. The lowest BCUT2D eigenvalue weighted by atomic mass is 9.89. The Morgan fingerprint density at radius 3 is 2.38 bits per heavy atom. The van der Waals surface area contributed by atoms with E-state index in [0.717, 1.165) is 0 Å². The fourth-order valence-electron chi connectivity index (χ4n) is 1.14. The molecule has 0 spiro atoms. The van der Waals surface area contributed by atoms with Gasteiger partial charge in [0.15, 0.2) is 0 Å². The van der Waals surface area contributed by atoms with E-state index in [1.54, 1.807) is 0 Å². The average molecular weight is 197 g/mol. The summed E-state index contributed by atoms with van der Waals surface area (Å²) in [5, 5.41) is 1.88. The van der Waals surface area contributed by atoms with Gasteiger partial charge in [0, 0.05) is 13.2 Å². The fraction of sp³-hybridized carbons (Fsp3) is 0.857. The minimum atomic E-state index is -4.78. The molecule has 1 aliphatic carbocycles. The van der Waals surface area contributed by atoms with E-state index >= 15 is 0 Å². The molecule has 0 saturated heterocycles. The zero-order chi connectivity index (χ0) is 10.1. The molecule has 0 aromatic heterocycles. The van der Waals surface area contributed by atoms with Crippen molar-refractivity contribution in [3.63, 3.8) is 0 Å². The van der Waals surface area contributed by atoms with E-state index in [9.17, 15) is 18.0 Å². The largest absolute Gasteiger partial charge is 0.471 e. The normalized spacial score (nSPS) is 28.0. The maximum atomic E-state index is 11.7. The van der Waals surface area contributed by atoms with E-state index in [0.29, 0.717) is 12.8 Å². The molecule has 0 aromatic rings. The lowest BCUT2D eigenvalue weighted by Crippen LogP contribution is -2.51. The molecule has 0 unspecified atom stereocenters. The molecule has 0 heterocycles. The van der Waals surface area contributed by atoms with Gasteiger partial charge in [-0.3, -0.25) is 4.79 Å². The predicted octanol–water partition coefficient (Wildman–Crippen LogP) is 0.842. The topological polar surface area (TPSA) is 38.3 Å². The summed E-state index contributed by atoms with van der Waals surface area (Å²) in [6, 6.07) is -0.390. The second kappa shape index (κ2) is 3.53. The van der Waals surface area contributed by atoms with Crippen molar-refractivity contribution < 1.29 is 22.7 Å². The quantitative estimate of drug-likeness (QED) is 0.712. The highest BCUT2D eigenvalue weighted by atomic mass is 19.4. The van der Waals surface area contributed by atoms with E-state index in [2.05, 4.69) is 0 Å². The van der Waals surface area contributed by atoms with Gasteiger partial charge in [0.2, 0.25) is 0 Å². The van der Waals surface area contributed by atoms with Crippen molar-refractivity contribution in [2.24, 2.45) is 0 Å². The van der Waals surface area contributed by atoms with Gasteiger partial charge in [-0.2, -0.15) is 13.2 Å². The van der Waals surface area contributed by atoms with E-state index in [1.807, 2.05) is 5.32 Å². The number of hydrogen-bond donors (Lipinski definition) is 1. The molecule has 1 N–H and O–H groups in total. The van der Waals surface area contributed by atoms with Crippen LogP contribution in [-0.2, 0) is 9.53 Å². The zero-order valence-corrected chi connectivity index (χ0v) is 7.02. The molecule has 1 rings (SSSR count). The van der Waals surface area contributed by atoms with E-state index in [1.165, 1.54) is 7.11 Å². The van der Waals surface area contributed by atoms with Crippen LogP contribution in [0.15, 0.2) is 0 Å². The highest BCUT2D eigenvalue weighted by Gasteiger charge is 2.42. The van der Waals surface area contributed by atoms with E-state index in [4.69, 9.17) is 4.74 Å². The van der Waals surface area contributed by atoms with Gasteiger partial charge in [-0.15, -0.1) is 0 Å². The van der Waals surface area contributed by atoms with Gasteiger partial charge < -0.3 is 10.1 Å². The first-order chi connectivity index (χ1) is 5.93. The first kappa shape index (κ1) is 10.3. The van der Waals surface area contributed by atoms with Crippen LogP contribution in [0, 0.1) is 0 Å². The lowest BCUT2D eigenvalue weighted by molar-refractivity contribution is -0.175. The summed E-state index contributed by atoms with van der Waals surface area (Å²) in [6.45, 7) is 0. The standard InChI is InChI=1S/C7H10F3NO2/c1-13-5-2-4(3-5)11-6(12)7(8,9)10/h4-5H,2-3H2,1H3,(H,11,12). The Labute approximate surface area is 73.2 Å². The van der Waals surface area contributed by atoms with Gasteiger partial charge in [0.1, 0.15) is 0 Å². The van der Waals surface area contributed by atoms with Crippen LogP contribution in [0.5, 0.6) is 0 Å². The van der Waals surface area contributed by atoms with Crippen LogP contribution < -0.4 is 5.32 Å². The molecule has 76 valence electrons. The van der Waals surface area contributed by atoms with Gasteiger partial charge in [-0.05, 0) is 12.8 Å². The Balaban J connectivity index is 2.25. The molecule has 0 atom stereocenters. The molecule has 1 amide bonds.